The van der Waals surface area contributed by atoms with Crippen LogP contribution < -0.4 is 5.32 Å². The van der Waals surface area contributed by atoms with Crippen LogP contribution in [-0.2, 0) is 6.42 Å². The van der Waals surface area contributed by atoms with Crippen molar-refractivity contribution in [3.63, 3.8) is 0 Å². The Morgan fingerprint density at radius 3 is 2.32 bits per heavy atom. The molecule has 60 heavy (non-hydrogen) atoms. The fourth-order valence-electron chi connectivity index (χ4n) is 9.58. The monoisotopic (exact) mass is 786 g/mol. The number of rotatable bonds is 4. The minimum Gasteiger partial charge on any atom is -0.455 e. The summed E-state index contributed by atoms with van der Waals surface area (Å²) < 4.78 is 11.8. The summed E-state index contributed by atoms with van der Waals surface area (Å²) in [4.78, 5) is 10.8. The Hall–Kier alpha value is -7.54. The summed E-state index contributed by atoms with van der Waals surface area (Å²) >= 11 is 1.83. The maximum absolute atomic E-state index is 6.89. The molecule has 1 N–H and O–H groups in total. The van der Waals surface area contributed by atoms with Crippen LogP contribution >= 0.6 is 11.3 Å². The van der Waals surface area contributed by atoms with Crippen molar-refractivity contribution in [2.45, 2.75) is 12.6 Å². The molecule has 0 fully saturated rings. The van der Waals surface area contributed by atoms with Gasteiger partial charge in [0.15, 0.2) is 6.17 Å². The quantitative estimate of drug-likeness (QED) is 0.193. The number of fused-ring (bicyclic) bond motifs is 13. The number of thiophene rings is 1. The number of allylic oxidation sites excluding steroid dienone is 1. The van der Waals surface area contributed by atoms with E-state index in [1.165, 1.54) is 58.3 Å². The van der Waals surface area contributed by atoms with E-state index >= 15 is 0 Å². The number of amidine groups is 2. The van der Waals surface area contributed by atoms with Crippen molar-refractivity contribution < 1.29 is 4.42 Å². The highest BCUT2D eigenvalue weighted by Crippen LogP contribution is 2.44. The average Bonchev–Trinajstić information content (AvgIpc) is 3.95. The standard InChI is InChI=1S/C54H34N4OS/c1-2-15-34(16-3-1)52-55-53(57-54(56-52)44-24-11-22-41-40-21-10-17-32-13-5-7-19-37(32)50(40)59-51(41)44)43-23-12-26-46-48(43)42-30-28-35(31-47(42)60-46)58-45-25-9-8-20-38(45)39-29-27-33-14-4-6-18-36(33)49(39)58/h1-16,18-31,53H,17H2,(H,55,56,57). The van der Waals surface area contributed by atoms with Gasteiger partial charge < -0.3 is 14.3 Å². The Balaban J connectivity index is 0.995. The Morgan fingerprint density at radius 2 is 1.37 bits per heavy atom. The molecule has 0 saturated heterocycles. The molecule has 282 valence electrons. The largest absolute Gasteiger partial charge is 0.455 e. The SMILES string of the molecule is C1=Cc2c(oc3c(C4=NC(c5cccc6sc7cc(-n8c9ccccc9c9ccc%10ccccc%10c98)ccc7c56)N=C(c5ccccc5)N4)cccc23)-c2ccccc2C1. The minimum atomic E-state index is -0.495. The third-order valence-electron chi connectivity index (χ3n) is 12.3. The molecule has 2 aliphatic rings. The van der Waals surface area contributed by atoms with Crippen molar-refractivity contribution in [3.8, 4) is 17.0 Å². The number of furan rings is 1. The summed E-state index contributed by atoms with van der Waals surface area (Å²) in [7, 11) is 0. The van der Waals surface area contributed by atoms with Gasteiger partial charge in [0.2, 0.25) is 0 Å². The molecule has 11 aromatic rings. The molecule has 1 aliphatic carbocycles. The number of benzene rings is 8. The zero-order valence-electron chi connectivity index (χ0n) is 32.3. The molecular formula is C54H34N4OS. The Labute approximate surface area is 348 Å². The molecule has 1 unspecified atom stereocenters. The Kier molecular flexibility index (Phi) is 7.23. The maximum Gasteiger partial charge on any atom is 0.170 e. The van der Waals surface area contributed by atoms with E-state index in [0.29, 0.717) is 0 Å². The summed E-state index contributed by atoms with van der Waals surface area (Å²) in [6, 6.07) is 60.7. The predicted molar refractivity (Wildman–Crippen MR) is 251 cm³/mol. The first kappa shape index (κ1) is 33.4. The van der Waals surface area contributed by atoms with Crippen LogP contribution in [-0.4, -0.2) is 16.2 Å². The molecule has 4 heterocycles. The van der Waals surface area contributed by atoms with Gasteiger partial charge in [0.1, 0.15) is 23.0 Å². The fourth-order valence-corrected chi connectivity index (χ4v) is 10.8. The number of hydrogen-bond donors (Lipinski definition) is 1. The van der Waals surface area contributed by atoms with Crippen molar-refractivity contribution in [2.75, 3.05) is 0 Å². The summed E-state index contributed by atoms with van der Waals surface area (Å²) in [5, 5.41) is 12.1. The lowest BCUT2D eigenvalue weighted by Crippen LogP contribution is -2.36. The van der Waals surface area contributed by atoms with E-state index in [9.17, 15) is 0 Å². The second-order valence-corrected chi connectivity index (χ2v) is 16.7. The van der Waals surface area contributed by atoms with Crippen LogP contribution in [0.5, 0.6) is 0 Å². The first-order valence-corrected chi connectivity index (χ1v) is 21.2. The Bertz CT molecular complexity index is 3680. The molecule has 8 aromatic carbocycles. The summed E-state index contributed by atoms with van der Waals surface area (Å²) in [5.74, 6) is 2.41. The van der Waals surface area contributed by atoms with Gasteiger partial charge in [0, 0.05) is 69.7 Å². The zero-order valence-corrected chi connectivity index (χ0v) is 33.1. The van der Waals surface area contributed by atoms with E-state index in [0.717, 1.165) is 68.3 Å². The van der Waals surface area contributed by atoms with Gasteiger partial charge in [-0.15, -0.1) is 11.3 Å². The second kappa shape index (κ2) is 13.0. The highest BCUT2D eigenvalue weighted by molar-refractivity contribution is 7.25. The third kappa shape index (κ3) is 4.98. The number of aliphatic imine (C=N–C) groups is 2. The lowest BCUT2D eigenvalue weighted by atomic mass is 10.0. The normalized spacial score (nSPS) is 15.0. The van der Waals surface area contributed by atoms with Crippen LogP contribution in [0.15, 0.2) is 190 Å². The van der Waals surface area contributed by atoms with Crippen LogP contribution in [0.2, 0.25) is 0 Å². The van der Waals surface area contributed by atoms with Crippen molar-refractivity contribution in [1.29, 1.82) is 0 Å². The topological polar surface area (TPSA) is 54.8 Å². The van der Waals surface area contributed by atoms with Gasteiger partial charge in [-0.2, -0.15) is 0 Å². The van der Waals surface area contributed by atoms with Gasteiger partial charge in [-0.25, -0.2) is 9.98 Å². The smallest absolute Gasteiger partial charge is 0.170 e. The molecule has 0 bridgehead atoms. The molecular weight excluding hydrogens is 753 g/mol. The molecule has 0 saturated carbocycles. The number of nitrogens with one attached hydrogen (secondary N) is 1. The van der Waals surface area contributed by atoms with Gasteiger partial charge >= 0.3 is 0 Å². The molecule has 6 heteroatoms. The molecule has 0 spiro atoms. The van der Waals surface area contributed by atoms with Crippen molar-refractivity contribution >= 4 is 92.8 Å². The van der Waals surface area contributed by atoms with Crippen LogP contribution in [0, 0.1) is 0 Å². The molecule has 13 rings (SSSR count). The first-order chi connectivity index (χ1) is 29.7. The average molecular weight is 787 g/mol. The number of aromatic nitrogens is 1. The van der Waals surface area contributed by atoms with Gasteiger partial charge in [0.25, 0.3) is 0 Å². The molecule has 3 aromatic heterocycles. The third-order valence-corrected chi connectivity index (χ3v) is 13.4. The molecule has 0 radical (unpaired) electrons. The summed E-state index contributed by atoms with van der Waals surface area (Å²) in [6.45, 7) is 0. The first-order valence-electron chi connectivity index (χ1n) is 20.4. The number of para-hydroxylation sites is 2. The summed E-state index contributed by atoms with van der Waals surface area (Å²) in [5.41, 5.74) is 10.9. The van der Waals surface area contributed by atoms with Gasteiger partial charge in [-0.05, 0) is 47.7 Å². The van der Waals surface area contributed by atoms with Gasteiger partial charge in [0.05, 0.1) is 16.6 Å². The second-order valence-electron chi connectivity index (χ2n) is 15.6. The van der Waals surface area contributed by atoms with E-state index in [-0.39, 0.29) is 0 Å². The zero-order chi connectivity index (χ0) is 39.3. The highest BCUT2D eigenvalue weighted by atomic mass is 32.1. The lowest BCUT2D eigenvalue weighted by Gasteiger charge is -2.23. The predicted octanol–water partition coefficient (Wildman–Crippen LogP) is 13.8. The highest BCUT2D eigenvalue weighted by Gasteiger charge is 2.27. The molecule has 1 aliphatic heterocycles. The van der Waals surface area contributed by atoms with E-state index in [1.54, 1.807) is 0 Å². The van der Waals surface area contributed by atoms with Crippen molar-refractivity contribution in [3.05, 3.63) is 204 Å². The minimum absolute atomic E-state index is 0.495. The maximum atomic E-state index is 6.89. The van der Waals surface area contributed by atoms with Gasteiger partial charge in [-0.3, -0.25) is 0 Å². The lowest BCUT2D eigenvalue weighted by molar-refractivity contribution is 0.629. The number of hydrogen-bond acceptors (Lipinski definition) is 5. The van der Waals surface area contributed by atoms with Crippen LogP contribution in [0.25, 0.3) is 86.8 Å². The van der Waals surface area contributed by atoms with Gasteiger partial charge in [-0.1, -0.05) is 152 Å². The van der Waals surface area contributed by atoms with Crippen LogP contribution in [0.1, 0.15) is 34.0 Å². The fraction of sp³-hybridized carbons (Fsp3) is 0.0370. The summed E-state index contributed by atoms with van der Waals surface area (Å²) in [6.07, 6.45) is 4.82. The van der Waals surface area contributed by atoms with E-state index in [2.05, 4.69) is 186 Å². The molecule has 5 nitrogen and oxygen atoms in total. The van der Waals surface area contributed by atoms with Crippen LogP contribution in [0.4, 0.5) is 0 Å². The number of nitrogens with zero attached hydrogens (tertiary/aromatic N) is 3. The van der Waals surface area contributed by atoms with E-state index < -0.39 is 6.17 Å². The van der Waals surface area contributed by atoms with E-state index in [4.69, 9.17) is 14.4 Å². The van der Waals surface area contributed by atoms with Crippen molar-refractivity contribution in [2.24, 2.45) is 9.98 Å². The van der Waals surface area contributed by atoms with E-state index in [1.807, 2.05) is 17.4 Å². The Morgan fingerprint density at radius 1 is 0.600 bits per heavy atom. The van der Waals surface area contributed by atoms with Crippen LogP contribution in [0.3, 0.4) is 0 Å². The van der Waals surface area contributed by atoms with Crippen molar-refractivity contribution in [1.82, 2.24) is 9.88 Å². The molecule has 1 atom stereocenters. The molecule has 0 amide bonds.